The molecule has 0 heterocycles. The van der Waals surface area contributed by atoms with E-state index in [0.717, 1.165) is 6.42 Å². The molecule has 1 rings (SSSR count). The minimum atomic E-state index is -0.581. The molecule has 0 bridgehead atoms. The Morgan fingerprint density at radius 1 is 1.22 bits per heavy atom. The fraction of sp³-hybridized carbons (Fsp3) is 0.438. The van der Waals surface area contributed by atoms with Crippen molar-refractivity contribution >= 4 is 23.5 Å². The van der Waals surface area contributed by atoms with Gasteiger partial charge in [0.15, 0.2) is 0 Å². The summed E-state index contributed by atoms with van der Waals surface area (Å²) in [7, 11) is 1.25. The van der Waals surface area contributed by atoms with Crippen molar-refractivity contribution in [2.24, 2.45) is 11.7 Å². The van der Waals surface area contributed by atoms with Gasteiger partial charge in [0.2, 0.25) is 5.91 Å². The van der Waals surface area contributed by atoms with Gasteiger partial charge < -0.3 is 21.1 Å². The number of nitrogens with one attached hydrogen (secondary N) is 2. The second kappa shape index (κ2) is 8.89. The fourth-order valence-electron chi connectivity index (χ4n) is 1.77. The summed E-state index contributed by atoms with van der Waals surface area (Å²) in [5, 5.41) is 5.14. The van der Waals surface area contributed by atoms with E-state index in [-0.39, 0.29) is 18.4 Å². The molecule has 7 nitrogen and oxygen atoms in total. The lowest BCUT2D eigenvalue weighted by atomic mass is 9.99. The van der Waals surface area contributed by atoms with Crippen LogP contribution in [0, 0.1) is 5.92 Å². The topological polar surface area (TPSA) is 111 Å². The number of carbonyl (C=O) groups excluding carboxylic acids is 3. The maximum absolute atomic E-state index is 12.0. The Balaban J connectivity index is 2.61. The van der Waals surface area contributed by atoms with E-state index in [4.69, 9.17) is 5.73 Å². The van der Waals surface area contributed by atoms with Crippen LogP contribution in [-0.2, 0) is 14.3 Å². The molecular weight excluding hydrogens is 298 g/mol. The molecule has 0 saturated heterocycles. The van der Waals surface area contributed by atoms with Crippen molar-refractivity contribution in [1.82, 2.24) is 5.32 Å². The summed E-state index contributed by atoms with van der Waals surface area (Å²) in [4.78, 5) is 34.8. The van der Waals surface area contributed by atoms with Crippen molar-refractivity contribution in [2.75, 3.05) is 19.0 Å². The third-order valence-electron chi connectivity index (χ3n) is 3.60. The fourth-order valence-corrected chi connectivity index (χ4v) is 1.77. The van der Waals surface area contributed by atoms with Crippen molar-refractivity contribution < 1.29 is 19.1 Å². The first-order chi connectivity index (χ1) is 10.9. The molecule has 0 spiro atoms. The van der Waals surface area contributed by atoms with Crippen LogP contribution >= 0.6 is 0 Å². The van der Waals surface area contributed by atoms with E-state index >= 15 is 0 Å². The zero-order valence-corrected chi connectivity index (χ0v) is 13.6. The minimum absolute atomic E-state index is 0.0818. The second-order valence-electron chi connectivity index (χ2n) is 5.24. The predicted octanol–water partition coefficient (Wildman–Crippen LogP) is 0.901. The summed E-state index contributed by atoms with van der Waals surface area (Å²) in [6.45, 7) is 3.69. The van der Waals surface area contributed by atoms with Crippen molar-refractivity contribution in [3.05, 3.63) is 29.8 Å². The Morgan fingerprint density at radius 3 is 2.35 bits per heavy atom. The molecule has 7 heteroatoms. The molecule has 1 aromatic rings. The standard InChI is InChI=1S/C16H23N3O4/c1-4-10(2)14(17)16(22)19-12-7-5-11(6-8-12)15(21)18-9-13(20)23-3/h5-8,10,14H,4,9,17H2,1-3H3,(H,18,21)(H,19,22). The Bertz CT molecular complexity index is 557. The molecule has 0 fully saturated rings. The number of hydrogen-bond acceptors (Lipinski definition) is 5. The largest absolute Gasteiger partial charge is 0.468 e. The molecule has 23 heavy (non-hydrogen) atoms. The summed E-state index contributed by atoms with van der Waals surface area (Å²) in [6.07, 6.45) is 0.813. The lowest BCUT2D eigenvalue weighted by molar-refractivity contribution is -0.139. The van der Waals surface area contributed by atoms with Gasteiger partial charge in [0.25, 0.3) is 5.91 Å². The van der Waals surface area contributed by atoms with Crippen LogP contribution in [0.1, 0.15) is 30.6 Å². The summed E-state index contributed by atoms with van der Waals surface area (Å²) >= 11 is 0. The summed E-state index contributed by atoms with van der Waals surface area (Å²) in [5.74, 6) is -1.11. The highest BCUT2D eigenvalue weighted by molar-refractivity contribution is 5.98. The van der Waals surface area contributed by atoms with Crippen LogP contribution < -0.4 is 16.4 Å². The van der Waals surface area contributed by atoms with Gasteiger partial charge in [-0.05, 0) is 30.2 Å². The summed E-state index contributed by atoms with van der Waals surface area (Å²) < 4.78 is 4.44. The lowest BCUT2D eigenvalue weighted by Gasteiger charge is -2.17. The molecule has 2 amide bonds. The van der Waals surface area contributed by atoms with Gasteiger partial charge in [0.05, 0.1) is 13.2 Å². The van der Waals surface area contributed by atoms with Crippen LogP contribution in [-0.4, -0.2) is 37.5 Å². The quantitative estimate of drug-likeness (QED) is 0.646. The van der Waals surface area contributed by atoms with Crippen molar-refractivity contribution in [2.45, 2.75) is 26.3 Å². The molecule has 0 radical (unpaired) electrons. The highest BCUT2D eigenvalue weighted by Gasteiger charge is 2.19. The van der Waals surface area contributed by atoms with Gasteiger partial charge in [0, 0.05) is 11.3 Å². The van der Waals surface area contributed by atoms with E-state index in [1.165, 1.54) is 7.11 Å². The number of hydrogen-bond donors (Lipinski definition) is 3. The van der Waals surface area contributed by atoms with Gasteiger partial charge in [-0.15, -0.1) is 0 Å². The van der Waals surface area contributed by atoms with E-state index < -0.39 is 17.9 Å². The van der Waals surface area contributed by atoms with Gasteiger partial charge in [-0.25, -0.2) is 0 Å². The second-order valence-corrected chi connectivity index (χ2v) is 5.24. The van der Waals surface area contributed by atoms with E-state index in [2.05, 4.69) is 15.4 Å². The van der Waals surface area contributed by atoms with E-state index in [0.29, 0.717) is 11.3 Å². The third kappa shape index (κ3) is 5.71. The van der Waals surface area contributed by atoms with Gasteiger partial charge in [-0.2, -0.15) is 0 Å². The predicted molar refractivity (Wildman–Crippen MR) is 86.9 cm³/mol. The maximum Gasteiger partial charge on any atom is 0.325 e. The van der Waals surface area contributed by atoms with Crippen molar-refractivity contribution in [3.63, 3.8) is 0 Å². The van der Waals surface area contributed by atoms with Crippen LogP contribution in [0.15, 0.2) is 24.3 Å². The summed E-state index contributed by atoms with van der Waals surface area (Å²) in [6, 6.07) is 5.74. The Morgan fingerprint density at radius 2 is 1.83 bits per heavy atom. The van der Waals surface area contributed by atoms with Crippen LogP contribution in [0.5, 0.6) is 0 Å². The molecule has 0 aromatic heterocycles. The smallest absolute Gasteiger partial charge is 0.325 e. The van der Waals surface area contributed by atoms with Gasteiger partial charge in [0.1, 0.15) is 6.54 Å². The minimum Gasteiger partial charge on any atom is -0.468 e. The first-order valence-corrected chi connectivity index (χ1v) is 7.40. The van der Waals surface area contributed by atoms with Gasteiger partial charge in [-0.1, -0.05) is 20.3 Å². The number of anilines is 1. The van der Waals surface area contributed by atoms with Crippen LogP contribution in [0.4, 0.5) is 5.69 Å². The summed E-state index contributed by atoms with van der Waals surface area (Å²) in [5.41, 5.74) is 6.79. The number of rotatable bonds is 7. The highest BCUT2D eigenvalue weighted by Crippen LogP contribution is 2.12. The molecule has 4 N–H and O–H groups in total. The average molecular weight is 321 g/mol. The normalized spacial score (nSPS) is 12.9. The number of carbonyl (C=O) groups is 3. The van der Waals surface area contributed by atoms with Crippen LogP contribution in [0.2, 0.25) is 0 Å². The van der Waals surface area contributed by atoms with Crippen LogP contribution in [0.25, 0.3) is 0 Å². The average Bonchev–Trinajstić information content (AvgIpc) is 2.58. The number of nitrogens with two attached hydrogens (primary N) is 1. The lowest BCUT2D eigenvalue weighted by Crippen LogP contribution is -2.40. The number of benzene rings is 1. The third-order valence-corrected chi connectivity index (χ3v) is 3.60. The zero-order valence-electron chi connectivity index (χ0n) is 13.6. The molecule has 126 valence electrons. The molecular formula is C16H23N3O4. The number of ether oxygens (including phenoxy) is 1. The van der Waals surface area contributed by atoms with Gasteiger partial charge >= 0.3 is 5.97 Å². The Labute approximate surface area is 135 Å². The molecule has 0 aliphatic heterocycles. The van der Waals surface area contributed by atoms with Crippen molar-refractivity contribution in [1.29, 1.82) is 0 Å². The van der Waals surface area contributed by atoms with Crippen molar-refractivity contribution in [3.8, 4) is 0 Å². The molecule has 2 atom stereocenters. The van der Waals surface area contributed by atoms with E-state index in [9.17, 15) is 14.4 Å². The SMILES string of the molecule is CCC(C)C(N)C(=O)Nc1ccc(C(=O)NCC(=O)OC)cc1. The number of methoxy groups -OCH3 is 1. The molecule has 2 unspecified atom stereocenters. The molecule has 1 aromatic carbocycles. The van der Waals surface area contributed by atoms with Gasteiger partial charge in [-0.3, -0.25) is 14.4 Å². The maximum atomic E-state index is 12.0. The van der Waals surface area contributed by atoms with Crippen LogP contribution in [0.3, 0.4) is 0 Å². The molecule has 0 saturated carbocycles. The Kier molecular flexibility index (Phi) is 7.21. The highest BCUT2D eigenvalue weighted by atomic mass is 16.5. The first kappa shape index (κ1) is 18.6. The number of esters is 1. The zero-order chi connectivity index (χ0) is 17.4. The first-order valence-electron chi connectivity index (χ1n) is 7.40. The number of amides is 2. The monoisotopic (exact) mass is 321 g/mol. The van der Waals surface area contributed by atoms with E-state index in [1.54, 1.807) is 24.3 Å². The van der Waals surface area contributed by atoms with E-state index in [1.807, 2.05) is 13.8 Å². The Hall–Kier alpha value is -2.41. The molecule has 0 aliphatic carbocycles. The molecule has 0 aliphatic rings.